The maximum Gasteiger partial charge on any atom is 0.306 e. The topological polar surface area (TPSA) is 57.6 Å². The van der Waals surface area contributed by atoms with Crippen LogP contribution in [-0.4, -0.2) is 35.0 Å². The molecule has 0 spiro atoms. The van der Waals surface area contributed by atoms with E-state index in [1.54, 1.807) is 0 Å². The van der Waals surface area contributed by atoms with Crippen molar-refractivity contribution in [3.8, 4) is 0 Å². The Morgan fingerprint density at radius 1 is 1.39 bits per heavy atom. The Labute approximate surface area is 108 Å². The predicted octanol–water partition coefficient (Wildman–Crippen LogP) is 1.91. The molecule has 2 rings (SSSR count). The molecule has 4 heteroatoms. The second-order valence-electron chi connectivity index (χ2n) is 5.52. The number of carbonyl (C=O) groups excluding carboxylic acids is 1. The van der Waals surface area contributed by atoms with Crippen LogP contribution in [0.2, 0.25) is 0 Å². The summed E-state index contributed by atoms with van der Waals surface area (Å²) in [5.74, 6) is -0.389. The molecule has 0 saturated carbocycles. The van der Waals surface area contributed by atoms with E-state index >= 15 is 0 Å². The molecule has 1 aliphatic heterocycles. The Morgan fingerprint density at radius 3 is 2.72 bits per heavy atom. The van der Waals surface area contributed by atoms with Crippen LogP contribution in [0.25, 0.3) is 0 Å². The number of carboxylic acid groups (broad SMARTS) is 1. The van der Waals surface area contributed by atoms with Crippen LogP contribution in [0.4, 0.5) is 0 Å². The summed E-state index contributed by atoms with van der Waals surface area (Å²) in [6, 6.07) is 0. The Hall–Kier alpha value is -1.32. The fourth-order valence-electron chi connectivity index (χ4n) is 2.96. The summed E-state index contributed by atoms with van der Waals surface area (Å²) in [6.07, 6.45) is 7.59. The van der Waals surface area contributed by atoms with Crippen molar-refractivity contribution in [2.45, 2.75) is 32.6 Å². The van der Waals surface area contributed by atoms with Gasteiger partial charge < -0.3 is 10.0 Å². The summed E-state index contributed by atoms with van der Waals surface area (Å²) in [5, 5.41) is 9.05. The fraction of sp³-hybridized carbons (Fsp3) is 0.714. The van der Waals surface area contributed by atoms with Gasteiger partial charge in [-0.1, -0.05) is 19.1 Å². The van der Waals surface area contributed by atoms with Crippen LogP contribution in [0.3, 0.4) is 0 Å². The average molecular weight is 251 g/mol. The van der Waals surface area contributed by atoms with Gasteiger partial charge >= 0.3 is 5.97 Å². The van der Waals surface area contributed by atoms with Gasteiger partial charge in [0.25, 0.3) is 0 Å². The number of carboxylic acids is 1. The lowest BCUT2D eigenvalue weighted by Gasteiger charge is -2.35. The lowest BCUT2D eigenvalue weighted by molar-refractivity contribution is -0.148. The van der Waals surface area contributed by atoms with Crippen molar-refractivity contribution in [1.82, 2.24) is 4.90 Å². The Balaban J connectivity index is 1.85. The van der Waals surface area contributed by atoms with Crippen molar-refractivity contribution in [3.63, 3.8) is 0 Å². The maximum atomic E-state index is 12.1. The fourth-order valence-corrected chi connectivity index (χ4v) is 2.96. The zero-order valence-electron chi connectivity index (χ0n) is 10.8. The van der Waals surface area contributed by atoms with E-state index in [2.05, 4.69) is 12.2 Å². The number of nitrogens with zero attached hydrogens (tertiary/aromatic N) is 1. The van der Waals surface area contributed by atoms with E-state index in [1.807, 2.05) is 11.8 Å². The van der Waals surface area contributed by atoms with Gasteiger partial charge in [-0.05, 0) is 31.1 Å². The molecule has 0 aromatic carbocycles. The van der Waals surface area contributed by atoms with E-state index in [0.717, 1.165) is 12.8 Å². The molecule has 1 amide bonds. The molecule has 3 unspecified atom stereocenters. The lowest BCUT2D eigenvalue weighted by Crippen LogP contribution is -2.45. The number of likely N-dealkylation sites (tertiary alicyclic amines) is 1. The van der Waals surface area contributed by atoms with E-state index in [0.29, 0.717) is 31.8 Å². The third kappa shape index (κ3) is 2.92. The number of rotatable bonds is 3. The highest BCUT2D eigenvalue weighted by Gasteiger charge is 2.33. The minimum absolute atomic E-state index is 0.0549. The molecule has 0 aromatic heterocycles. The molecule has 100 valence electrons. The van der Waals surface area contributed by atoms with Crippen molar-refractivity contribution in [2.75, 3.05) is 13.1 Å². The number of hydrogen-bond donors (Lipinski definition) is 1. The molecule has 3 atom stereocenters. The van der Waals surface area contributed by atoms with Gasteiger partial charge in [-0.25, -0.2) is 0 Å². The van der Waals surface area contributed by atoms with Crippen LogP contribution in [0.5, 0.6) is 0 Å². The van der Waals surface area contributed by atoms with Gasteiger partial charge in [0.2, 0.25) is 5.91 Å². The zero-order valence-corrected chi connectivity index (χ0v) is 10.8. The van der Waals surface area contributed by atoms with Crippen LogP contribution in [-0.2, 0) is 9.59 Å². The van der Waals surface area contributed by atoms with E-state index in [4.69, 9.17) is 5.11 Å². The first-order chi connectivity index (χ1) is 8.58. The molecular formula is C14H21NO3. The summed E-state index contributed by atoms with van der Waals surface area (Å²) in [6.45, 7) is 3.11. The summed E-state index contributed by atoms with van der Waals surface area (Å²) in [4.78, 5) is 25.0. The second-order valence-corrected chi connectivity index (χ2v) is 5.52. The van der Waals surface area contributed by atoms with Crippen LogP contribution in [0.15, 0.2) is 12.2 Å². The van der Waals surface area contributed by atoms with Gasteiger partial charge in [0.1, 0.15) is 0 Å². The minimum atomic E-state index is -0.728. The summed E-state index contributed by atoms with van der Waals surface area (Å²) in [5.41, 5.74) is 0. The molecule has 0 radical (unpaired) electrons. The summed E-state index contributed by atoms with van der Waals surface area (Å²) < 4.78 is 0. The van der Waals surface area contributed by atoms with Crippen LogP contribution >= 0.6 is 0 Å². The van der Waals surface area contributed by atoms with E-state index < -0.39 is 5.97 Å². The molecular weight excluding hydrogens is 230 g/mol. The van der Waals surface area contributed by atoms with Gasteiger partial charge in [0, 0.05) is 19.5 Å². The first kappa shape index (κ1) is 13.1. The van der Waals surface area contributed by atoms with E-state index in [9.17, 15) is 9.59 Å². The average Bonchev–Trinajstić information content (AvgIpc) is 2.81. The number of amides is 1. The number of allylic oxidation sites excluding steroid dienone is 2. The van der Waals surface area contributed by atoms with Crippen molar-refractivity contribution in [2.24, 2.45) is 17.8 Å². The smallest absolute Gasteiger partial charge is 0.306 e. The molecule has 0 bridgehead atoms. The van der Waals surface area contributed by atoms with Gasteiger partial charge in [-0.15, -0.1) is 0 Å². The molecule has 2 aliphatic rings. The van der Waals surface area contributed by atoms with Gasteiger partial charge in [-0.2, -0.15) is 0 Å². The molecule has 1 fully saturated rings. The SMILES string of the molecule is CC1CN(C(=O)CC2C=CCC2)CCC1C(=O)O. The molecule has 1 saturated heterocycles. The third-order valence-corrected chi connectivity index (χ3v) is 4.12. The molecule has 1 N–H and O–H groups in total. The van der Waals surface area contributed by atoms with Crippen LogP contribution < -0.4 is 0 Å². The number of aliphatic carboxylic acids is 1. The van der Waals surface area contributed by atoms with Crippen LogP contribution in [0, 0.1) is 17.8 Å². The van der Waals surface area contributed by atoms with Crippen molar-refractivity contribution >= 4 is 11.9 Å². The van der Waals surface area contributed by atoms with Gasteiger partial charge in [0.15, 0.2) is 0 Å². The van der Waals surface area contributed by atoms with E-state index in [-0.39, 0.29) is 17.7 Å². The Morgan fingerprint density at radius 2 is 2.17 bits per heavy atom. The predicted molar refractivity (Wildman–Crippen MR) is 68.0 cm³/mol. The Bertz CT molecular complexity index is 364. The van der Waals surface area contributed by atoms with Gasteiger partial charge in [-0.3, -0.25) is 9.59 Å². The standard InChI is InChI=1S/C14H21NO3/c1-10-9-15(7-6-12(10)14(17)18)13(16)8-11-4-2-3-5-11/h2,4,10-12H,3,5-9H2,1H3,(H,17,18). The quantitative estimate of drug-likeness (QED) is 0.779. The summed E-state index contributed by atoms with van der Waals surface area (Å²) >= 11 is 0. The highest BCUT2D eigenvalue weighted by Crippen LogP contribution is 2.26. The number of piperidine rings is 1. The van der Waals surface area contributed by atoms with E-state index in [1.165, 1.54) is 0 Å². The van der Waals surface area contributed by atoms with Gasteiger partial charge in [0.05, 0.1) is 5.92 Å². The third-order valence-electron chi connectivity index (χ3n) is 4.12. The molecule has 18 heavy (non-hydrogen) atoms. The van der Waals surface area contributed by atoms with Crippen molar-refractivity contribution < 1.29 is 14.7 Å². The zero-order chi connectivity index (χ0) is 13.1. The maximum absolute atomic E-state index is 12.1. The van der Waals surface area contributed by atoms with Crippen LogP contribution in [0.1, 0.15) is 32.6 Å². The molecule has 1 heterocycles. The normalized spacial score (nSPS) is 31.6. The van der Waals surface area contributed by atoms with Crippen molar-refractivity contribution in [3.05, 3.63) is 12.2 Å². The number of hydrogen-bond acceptors (Lipinski definition) is 2. The lowest BCUT2D eigenvalue weighted by atomic mass is 9.86. The highest BCUT2D eigenvalue weighted by atomic mass is 16.4. The first-order valence-corrected chi connectivity index (χ1v) is 6.75. The highest BCUT2D eigenvalue weighted by molar-refractivity contribution is 5.77. The minimum Gasteiger partial charge on any atom is -0.481 e. The first-order valence-electron chi connectivity index (χ1n) is 6.75. The molecule has 4 nitrogen and oxygen atoms in total. The second kappa shape index (κ2) is 5.55. The molecule has 0 aromatic rings. The molecule has 1 aliphatic carbocycles. The number of carbonyl (C=O) groups is 2. The Kier molecular flexibility index (Phi) is 4.04. The van der Waals surface area contributed by atoms with Crippen molar-refractivity contribution in [1.29, 1.82) is 0 Å². The summed E-state index contributed by atoms with van der Waals surface area (Å²) in [7, 11) is 0. The largest absolute Gasteiger partial charge is 0.481 e. The monoisotopic (exact) mass is 251 g/mol.